The van der Waals surface area contributed by atoms with Crippen LogP contribution in [0.5, 0.6) is 0 Å². The van der Waals surface area contributed by atoms with Gasteiger partial charge in [-0.25, -0.2) is 4.39 Å². The number of nitrogens with zero attached hydrogens (tertiary/aromatic N) is 1. The zero-order chi connectivity index (χ0) is 18.8. The molecule has 2 heterocycles. The van der Waals surface area contributed by atoms with E-state index in [0.29, 0.717) is 18.6 Å². The third-order valence-electron chi connectivity index (χ3n) is 4.85. The Balaban J connectivity index is 1.89. The Hall–Kier alpha value is -2.70. The van der Waals surface area contributed by atoms with Gasteiger partial charge in [0.25, 0.3) is 5.91 Å². The second kappa shape index (κ2) is 7.27. The molecule has 0 bridgehead atoms. The summed E-state index contributed by atoms with van der Waals surface area (Å²) in [5.74, 6) is -0.900. The van der Waals surface area contributed by atoms with Gasteiger partial charge < -0.3 is 15.2 Å². The molecule has 138 valence electrons. The minimum Gasteiger partial charge on any atom is -0.360 e. The summed E-state index contributed by atoms with van der Waals surface area (Å²) in [6, 6.07) is 3.75. The topological polar surface area (TPSA) is 82.3 Å². The van der Waals surface area contributed by atoms with Crippen molar-refractivity contribution in [3.8, 4) is 0 Å². The molecular weight excluding hydrogens is 337 g/mol. The number of nitrogens with one attached hydrogen (secondary N) is 2. The Labute approximate surface area is 150 Å². The maximum atomic E-state index is 13.5. The first-order valence-electron chi connectivity index (χ1n) is 8.78. The number of aromatic amines is 1. The fraction of sp³-hybridized carbons (Fsp3) is 0.421. The van der Waals surface area contributed by atoms with Crippen LogP contribution in [0, 0.1) is 11.7 Å². The number of rotatable bonds is 4. The predicted octanol–water partition coefficient (Wildman–Crippen LogP) is 2.04. The van der Waals surface area contributed by atoms with Crippen LogP contribution in [0.2, 0.25) is 0 Å². The summed E-state index contributed by atoms with van der Waals surface area (Å²) in [5.41, 5.74) is -0.0190. The number of carbonyl (C=O) groups excluding carboxylic acids is 2. The van der Waals surface area contributed by atoms with Crippen LogP contribution in [0.15, 0.2) is 29.2 Å². The largest absolute Gasteiger partial charge is 0.360 e. The minimum absolute atomic E-state index is 0.0122. The van der Waals surface area contributed by atoms with Crippen LogP contribution in [0.3, 0.4) is 0 Å². The van der Waals surface area contributed by atoms with E-state index in [1.54, 1.807) is 4.90 Å². The normalized spacial score (nSPS) is 19.7. The lowest BCUT2D eigenvalue weighted by Crippen LogP contribution is -2.40. The molecule has 3 rings (SSSR count). The van der Waals surface area contributed by atoms with Gasteiger partial charge in [-0.2, -0.15) is 0 Å². The Morgan fingerprint density at radius 1 is 1.35 bits per heavy atom. The second-order valence-electron chi connectivity index (χ2n) is 6.79. The number of hydrogen-bond donors (Lipinski definition) is 2. The van der Waals surface area contributed by atoms with E-state index in [9.17, 15) is 18.8 Å². The van der Waals surface area contributed by atoms with Gasteiger partial charge in [-0.05, 0) is 30.5 Å². The van der Waals surface area contributed by atoms with Crippen LogP contribution >= 0.6 is 0 Å². The Morgan fingerprint density at radius 2 is 2.12 bits per heavy atom. The molecule has 0 unspecified atom stereocenters. The van der Waals surface area contributed by atoms with Crippen molar-refractivity contribution in [1.29, 1.82) is 0 Å². The van der Waals surface area contributed by atoms with Gasteiger partial charge in [0.2, 0.25) is 11.3 Å². The lowest BCUT2D eigenvalue weighted by molar-refractivity contribution is -0.119. The minimum atomic E-state index is -0.525. The van der Waals surface area contributed by atoms with E-state index in [1.165, 1.54) is 25.3 Å². The zero-order valence-corrected chi connectivity index (χ0v) is 14.8. The highest BCUT2D eigenvalue weighted by molar-refractivity contribution is 5.97. The van der Waals surface area contributed by atoms with Crippen molar-refractivity contribution in [3.05, 3.63) is 46.0 Å². The van der Waals surface area contributed by atoms with Crippen LogP contribution in [-0.2, 0) is 4.79 Å². The van der Waals surface area contributed by atoms with E-state index < -0.39 is 17.2 Å². The summed E-state index contributed by atoms with van der Waals surface area (Å²) in [6.45, 7) is 4.36. The predicted molar refractivity (Wildman–Crippen MR) is 96.4 cm³/mol. The second-order valence-corrected chi connectivity index (χ2v) is 6.79. The number of halogens is 1. The Kier molecular flexibility index (Phi) is 5.06. The van der Waals surface area contributed by atoms with Gasteiger partial charge >= 0.3 is 0 Å². The van der Waals surface area contributed by atoms with Crippen molar-refractivity contribution in [3.63, 3.8) is 0 Å². The maximum Gasteiger partial charge on any atom is 0.259 e. The summed E-state index contributed by atoms with van der Waals surface area (Å²) in [5, 5.41) is 3.05. The number of H-pyrrole nitrogens is 1. The molecule has 1 saturated heterocycles. The van der Waals surface area contributed by atoms with Gasteiger partial charge in [-0.1, -0.05) is 13.3 Å². The Morgan fingerprint density at radius 3 is 2.81 bits per heavy atom. The average Bonchev–Trinajstić information content (AvgIpc) is 2.97. The number of fused-ring (bicyclic) bond motifs is 1. The highest BCUT2D eigenvalue weighted by Crippen LogP contribution is 2.23. The highest BCUT2D eigenvalue weighted by Gasteiger charge is 2.36. The summed E-state index contributed by atoms with van der Waals surface area (Å²) >= 11 is 0. The molecular formula is C19H22FN3O3. The summed E-state index contributed by atoms with van der Waals surface area (Å²) in [4.78, 5) is 41.4. The molecule has 1 aliphatic rings. The van der Waals surface area contributed by atoms with Gasteiger partial charge in [0.1, 0.15) is 11.4 Å². The van der Waals surface area contributed by atoms with Gasteiger partial charge in [0.15, 0.2) is 0 Å². The van der Waals surface area contributed by atoms with Gasteiger partial charge in [-0.3, -0.25) is 14.4 Å². The molecule has 1 fully saturated rings. The molecule has 0 radical (unpaired) electrons. The number of pyridine rings is 1. The van der Waals surface area contributed by atoms with Crippen molar-refractivity contribution < 1.29 is 14.0 Å². The molecule has 2 aromatic rings. The van der Waals surface area contributed by atoms with Crippen LogP contribution in [0.25, 0.3) is 10.9 Å². The molecule has 2 amide bonds. The van der Waals surface area contributed by atoms with Crippen molar-refractivity contribution in [2.45, 2.75) is 32.7 Å². The van der Waals surface area contributed by atoms with E-state index in [4.69, 9.17) is 0 Å². The number of carbonyl (C=O) groups is 2. The molecule has 0 aliphatic carbocycles. The Bertz CT molecular complexity index is 909. The monoisotopic (exact) mass is 359 g/mol. The molecule has 1 aliphatic heterocycles. The summed E-state index contributed by atoms with van der Waals surface area (Å²) in [6.07, 6.45) is 3.21. The van der Waals surface area contributed by atoms with Crippen molar-refractivity contribution in [1.82, 2.24) is 15.2 Å². The summed E-state index contributed by atoms with van der Waals surface area (Å²) in [7, 11) is 0. The van der Waals surface area contributed by atoms with Crippen molar-refractivity contribution in [2.75, 3.05) is 13.1 Å². The molecule has 0 spiro atoms. The molecule has 6 nitrogen and oxygen atoms in total. The third-order valence-corrected chi connectivity index (χ3v) is 4.85. The first-order chi connectivity index (χ1) is 12.4. The molecule has 26 heavy (non-hydrogen) atoms. The van der Waals surface area contributed by atoms with Crippen LogP contribution < -0.4 is 10.7 Å². The number of likely N-dealkylation sites (tertiary alicyclic amines) is 1. The van der Waals surface area contributed by atoms with E-state index in [2.05, 4.69) is 17.2 Å². The molecule has 2 atom stereocenters. The SMILES string of the molecule is CCC[C@@H]1CN(C(=O)c2c[nH]c3ccc(F)cc3c2=O)C[C@H]1NC(C)=O. The molecule has 2 N–H and O–H groups in total. The van der Waals surface area contributed by atoms with E-state index in [0.717, 1.165) is 18.9 Å². The zero-order valence-electron chi connectivity index (χ0n) is 14.8. The van der Waals surface area contributed by atoms with Crippen LogP contribution in [0.1, 0.15) is 37.0 Å². The number of benzene rings is 1. The van der Waals surface area contributed by atoms with Gasteiger partial charge in [0.05, 0.1) is 6.04 Å². The van der Waals surface area contributed by atoms with Crippen molar-refractivity contribution in [2.24, 2.45) is 5.92 Å². The van der Waals surface area contributed by atoms with Crippen LogP contribution in [-0.4, -0.2) is 40.8 Å². The first-order valence-corrected chi connectivity index (χ1v) is 8.78. The fourth-order valence-electron chi connectivity index (χ4n) is 3.64. The smallest absolute Gasteiger partial charge is 0.259 e. The average molecular weight is 359 g/mol. The quantitative estimate of drug-likeness (QED) is 0.876. The van der Waals surface area contributed by atoms with Crippen molar-refractivity contribution >= 4 is 22.7 Å². The molecule has 0 saturated carbocycles. The van der Waals surface area contributed by atoms with Gasteiger partial charge in [0, 0.05) is 37.1 Å². The first kappa shape index (κ1) is 18.1. The lowest BCUT2D eigenvalue weighted by Gasteiger charge is -2.17. The van der Waals surface area contributed by atoms with E-state index in [-0.39, 0.29) is 28.8 Å². The lowest BCUT2D eigenvalue weighted by atomic mass is 9.98. The standard InChI is InChI=1S/C19H22FN3O3/c1-3-4-12-9-23(10-17(12)22-11(2)24)19(26)15-8-21-16-6-5-13(20)7-14(16)18(15)25/h5-8,12,17H,3-4,9-10H2,1-2H3,(H,21,25)(H,22,24)/t12-,17-/m1/s1. The molecule has 7 heteroatoms. The maximum absolute atomic E-state index is 13.5. The van der Waals surface area contributed by atoms with E-state index >= 15 is 0 Å². The van der Waals surface area contributed by atoms with Gasteiger partial charge in [-0.15, -0.1) is 0 Å². The number of amides is 2. The fourth-order valence-corrected chi connectivity index (χ4v) is 3.64. The van der Waals surface area contributed by atoms with E-state index in [1.807, 2.05) is 0 Å². The molecule has 1 aromatic carbocycles. The van der Waals surface area contributed by atoms with Crippen LogP contribution in [0.4, 0.5) is 4.39 Å². The third kappa shape index (κ3) is 3.47. The highest BCUT2D eigenvalue weighted by atomic mass is 19.1. The molecule has 1 aromatic heterocycles. The number of aromatic nitrogens is 1. The number of hydrogen-bond acceptors (Lipinski definition) is 3. The summed E-state index contributed by atoms with van der Waals surface area (Å²) < 4.78 is 13.5.